The second kappa shape index (κ2) is 15.7. The average molecular weight is 585 g/mol. The van der Waals surface area contributed by atoms with Crippen molar-refractivity contribution in [2.24, 2.45) is 10.8 Å². The van der Waals surface area contributed by atoms with Crippen molar-refractivity contribution < 1.29 is 15.3 Å². The van der Waals surface area contributed by atoms with Gasteiger partial charge in [-0.3, -0.25) is 0 Å². The quantitative estimate of drug-likeness (QED) is 0.177. The Kier molecular flexibility index (Phi) is 13.2. The lowest BCUT2D eigenvalue weighted by Crippen LogP contribution is -2.50. The van der Waals surface area contributed by atoms with Gasteiger partial charge in [0.2, 0.25) is 0 Å². The molecule has 0 aliphatic heterocycles. The maximum atomic E-state index is 11.3. The molecule has 3 heteroatoms. The Hall–Kier alpha value is -2.98. The molecule has 3 nitrogen and oxygen atoms in total. The summed E-state index contributed by atoms with van der Waals surface area (Å²) >= 11 is 0. The minimum absolute atomic E-state index is 0.00529. The van der Waals surface area contributed by atoms with Crippen LogP contribution < -0.4 is 0 Å². The number of aliphatic hydroxyl groups is 3. The van der Waals surface area contributed by atoms with E-state index >= 15 is 0 Å². The topological polar surface area (TPSA) is 60.7 Å². The van der Waals surface area contributed by atoms with Crippen molar-refractivity contribution in [3.63, 3.8) is 0 Å². The largest absolute Gasteiger partial charge is 0.393 e. The molecule has 0 aromatic rings. The van der Waals surface area contributed by atoms with Gasteiger partial charge in [-0.15, -0.1) is 0 Å². The minimum atomic E-state index is -1.13. The average Bonchev–Trinajstić information content (AvgIpc) is 2.87. The fourth-order valence-electron chi connectivity index (χ4n) is 6.07. The fraction of sp³-hybridized carbons (Fsp3) is 0.450. The lowest BCUT2D eigenvalue weighted by atomic mass is 9.62. The molecule has 3 atom stereocenters. The minimum Gasteiger partial charge on any atom is -0.393 e. The maximum Gasteiger partial charge on any atom is 0.109 e. The zero-order chi connectivity index (χ0) is 32.4. The van der Waals surface area contributed by atoms with Crippen LogP contribution in [0.2, 0.25) is 0 Å². The zero-order valence-electron chi connectivity index (χ0n) is 28.1. The summed E-state index contributed by atoms with van der Waals surface area (Å²) in [5, 5.41) is 31.5. The summed E-state index contributed by atoms with van der Waals surface area (Å²) in [6, 6.07) is 0. The molecule has 0 amide bonds. The van der Waals surface area contributed by atoms with Gasteiger partial charge in [-0.1, -0.05) is 141 Å². The molecule has 0 saturated heterocycles. The first kappa shape index (κ1) is 36.2. The monoisotopic (exact) mass is 584 g/mol. The highest BCUT2D eigenvalue weighted by Crippen LogP contribution is 2.47. The molecule has 0 aromatic heterocycles. The fourth-order valence-corrected chi connectivity index (χ4v) is 6.07. The van der Waals surface area contributed by atoms with Crippen LogP contribution in [0.3, 0.4) is 0 Å². The van der Waals surface area contributed by atoms with E-state index in [1.165, 1.54) is 16.7 Å². The highest BCUT2D eigenvalue weighted by atomic mass is 16.3. The number of hydrogen-bond donors (Lipinski definition) is 3. The summed E-state index contributed by atoms with van der Waals surface area (Å²) in [5.74, 6) is 0. The third kappa shape index (κ3) is 10.9. The molecule has 3 unspecified atom stereocenters. The van der Waals surface area contributed by atoms with Gasteiger partial charge in [0.25, 0.3) is 0 Å². The molecule has 2 rings (SSSR count). The highest BCUT2D eigenvalue weighted by Gasteiger charge is 2.48. The number of aliphatic hydroxyl groups excluding tert-OH is 2. The van der Waals surface area contributed by atoms with E-state index in [4.69, 9.17) is 0 Å². The number of hydrogen-bond acceptors (Lipinski definition) is 3. The van der Waals surface area contributed by atoms with Gasteiger partial charge in [-0.25, -0.2) is 0 Å². The van der Waals surface area contributed by atoms with Gasteiger partial charge in [-0.05, 0) is 82.9 Å². The van der Waals surface area contributed by atoms with Crippen molar-refractivity contribution >= 4 is 0 Å². The Morgan fingerprint density at radius 2 is 1.16 bits per heavy atom. The van der Waals surface area contributed by atoms with Crippen LogP contribution in [0.1, 0.15) is 88.0 Å². The van der Waals surface area contributed by atoms with Gasteiger partial charge < -0.3 is 15.3 Å². The van der Waals surface area contributed by atoms with E-state index in [1.807, 2.05) is 57.2 Å². The molecule has 0 spiro atoms. The van der Waals surface area contributed by atoms with Gasteiger partial charge in [0.1, 0.15) is 5.60 Å². The molecule has 0 radical (unpaired) electrons. The Morgan fingerprint density at radius 1 is 0.698 bits per heavy atom. The van der Waals surface area contributed by atoms with Gasteiger partial charge in [0.05, 0.1) is 12.2 Å². The first-order valence-electron chi connectivity index (χ1n) is 15.5. The first-order chi connectivity index (χ1) is 20.0. The SMILES string of the molecule is C=C1CC(O)CC(C)(C)C1(O)C=CC(C)=CC=CC(C)=CC=CC=C(C)C=CC=C(C)C=CC1=C(C)CC(O)CC1(C)C. The summed E-state index contributed by atoms with van der Waals surface area (Å²) in [6.07, 6.45) is 30.6. The molecular formula is C40H56O3. The normalized spacial score (nSPS) is 28.1. The van der Waals surface area contributed by atoms with Crippen molar-refractivity contribution in [1.29, 1.82) is 0 Å². The van der Waals surface area contributed by atoms with E-state index in [0.717, 1.165) is 29.6 Å². The van der Waals surface area contributed by atoms with Gasteiger partial charge in [0.15, 0.2) is 0 Å². The zero-order valence-corrected chi connectivity index (χ0v) is 28.1. The molecule has 1 fully saturated rings. The van der Waals surface area contributed by atoms with E-state index in [9.17, 15) is 15.3 Å². The van der Waals surface area contributed by atoms with Crippen molar-refractivity contribution in [3.05, 3.63) is 131 Å². The molecule has 234 valence electrons. The van der Waals surface area contributed by atoms with Gasteiger partial charge >= 0.3 is 0 Å². The third-order valence-electron chi connectivity index (χ3n) is 8.64. The Morgan fingerprint density at radius 3 is 1.67 bits per heavy atom. The van der Waals surface area contributed by atoms with E-state index in [2.05, 4.69) is 96.7 Å². The second-order valence-corrected chi connectivity index (χ2v) is 13.9. The second-order valence-electron chi connectivity index (χ2n) is 13.9. The molecule has 0 heterocycles. The number of rotatable bonds is 10. The first-order valence-corrected chi connectivity index (χ1v) is 15.5. The smallest absolute Gasteiger partial charge is 0.109 e. The van der Waals surface area contributed by atoms with Crippen LogP contribution in [0.5, 0.6) is 0 Å². The molecule has 43 heavy (non-hydrogen) atoms. The van der Waals surface area contributed by atoms with Crippen LogP contribution in [-0.2, 0) is 0 Å². The third-order valence-corrected chi connectivity index (χ3v) is 8.64. The standard InChI is InChI=1S/C40H56O3/c1-29(17-13-19-31(3)21-22-37-33(5)25-35(41)27-38(37,7)8)15-11-12-16-30(2)18-14-20-32(4)23-24-40(43)34(6)26-36(42)28-39(40,9)10/h11-24,35-36,41-43H,6,25-28H2,1-5,7-10H3. The summed E-state index contributed by atoms with van der Waals surface area (Å²) < 4.78 is 0. The van der Waals surface area contributed by atoms with Gasteiger partial charge in [0, 0.05) is 5.41 Å². The maximum absolute atomic E-state index is 11.3. The summed E-state index contributed by atoms with van der Waals surface area (Å²) in [7, 11) is 0. The molecule has 2 aliphatic carbocycles. The van der Waals surface area contributed by atoms with Crippen molar-refractivity contribution in [3.8, 4) is 0 Å². The van der Waals surface area contributed by atoms with E-state index in [1.54, 1.807) is 0 Å². The number of allylic oxidation sites excluding steroid dienone is 18. The molecule has 0 aromatic carbocycles. The van der Waals surface area contributed by atoms with Crippen molar-refractivity contribution in [2.45, 2.75) is 106 Å². The lowest BCUT2D eigenvalue weighted by molar-refractivity contribution is -0.0527. The van der Waals surface area contributed by atoms with E-state index in [-0.39, 0.29) is 11.5 Å². The summed E-state index contributed by atoms with van der Waals surface area (Å²) in [6.45, 7) is 22.8. The lowest BCUT2D eigenvalue weighted by Gasteiger charge is -2.47. The van der Waals surface area contributed by atoms with Crippen LogP contribution in [0, 0.1) is 10.8 Å². The van der Waals surface area contributed by atoms with Crippen molar-refractivity contribution in [1.82, 2.24) is 0 Å². The molecule has 1 saturated carbocycles. The molecular weight excluding hydrogens is 528 g/mol. The van der Waals surface area contributed by atoms with E-state index < -0.39 is 17.1 Å². The van der Waals surface area contributed by atoms with Crippen LogP contribution in [0.4, 0.5) is 0 Å². The Bertz CT molecular complexity index is 1310. The van der Waals surface area contributed by atoms with Crippen LogP contribution >= 0.6 is 0 Å². The highest BCUT2D eigenvalue weighted by molar-refractivity contribution is 5.38. The summed E-state index contributed by atoms with van der Waals surface area (Å²) in [4.78, 5) is 0. The molecule has 0 bridgehead atoms. The van der Waals surface area contributed by atoms with Crippen LogP contribution in [-0.4, -0.2) is 33.1 Å². The Balaban J connectivity index is 1.92. The molecule has 2 aliphatic rings. The summed E-state index contributed by atoms with van der Waals surface area (Å²) in [5.41, 5.74) is 6.17. The van der Waals surface area contributed by atoms with Crippen LogP contribution in [0.25, 0.3) is 0 Å². The van der Waals surface area contributed by atoms with Crippen LogP contribution in [0.15, 0.2) is 131 Å². The predicted molar refractivity (Wildman–Crippen MR) is 186 cm³/mol. The Labute approximate surface area is 262 Å². The van der Waals surface area contributed by atoms with Gasteiger partial charge in [-0.2, -0.15) is 0 Å². The van der Waals surface area contributed by atoms with E-state index in [0.29, 0.717) is 18.4 Å². The predicted octanol–water partition coefficient (Wildman–Crippen LogP) is 9.52. The molecule has 3 N–H and O–H groups in total. The van der Waals surface area contributed by atoms with Crippen molar-refractivity contribution in [2.75, 3.05) is 0 Å².